The fourth-order valence-electron chi connectivity index (χ4n) is 2.88. The van der Waals surface area contributed by atoms with E-state index in [0.717, 1.165) is 31.9 Å². The van der Waals surface area contributed by atoms with Crippen LogP contribution in [0.25, 0.3) is 10.8 Å². The van der Waals surface area contributed by atoms with E-state index in [4.69, 9.17) is 5.73 Å². The van der Waals surface area contributed by atoms with Gasteiger partial charge in [-0.3, -0.25) is 4.90 Å². The van der Waals surface area contributed by atoms with Crippen molar-refractivity contribution >= 4 is 16.5 Å². The first-order valence-corrected chi connectivity index (χ1v) is 6.81. The van der Waals surface area contributed by atoms with Gasteiger partial charge in [0.05, 0.1) is 0 Å². The molecule has 2 N–H and O–H groups in total. The number of nitrogen functional groups attached to an aromatic ring is 1. The summed E-state index contributed by atoms with van der Waals surface area (Å²) >= 11 is 0. The Morgan fingerprint density at radius 2 is 1.84 bits per heavy atom. The average molecular weight is 255 g/mol. The molecule has 1 heterocycles. The summed E-state index contributed by atoms with van der Waals surface area (Å²) in [4.78, 5) is 4.74. The molecule has 0 saturated carbocycles. The third kappa shape index (κ3) is 2.31. The van der Waals surface area contributed by atoms with E-state index in [1.54, 1.807) is 0 Å². The van der Waals surface area contributed by atoms with E-state index in [-0.39, 0.29) is 0 Å². The van der Waals surface area contributed by atoms with Crippen LogP contribution in [-0.4, -0.2) is 37.0 Å². The molecule has 0 fully saturated rings. The number of likely N-dealkylation sites (N-methyl/N-ethyl adjacent to an activating group) is 1. The van der Waals surface area contributed by atoms with Crippen molar-refractivity contribution in [2.24, 2.45) is 0 Å². The van der Waals surface area contributed by atoms with E-state index < -0.39 is 0 Å². The van der Waals surface area contributed by atoms with Crippen molar-refractivity contribution in [3.8, 4) is 0 Å². The fourth-order valence-corrected chi connectivity index (χ4v) is 2.88. The molecule has 2 aromatic carbocycles. The van der Waals surface area contributed by atoms with Gasteiger partial charge in [0.25, 0.3) is 0 Å². The third-order valence-corrected chi connectivity index (χ3v) is 3.90. The second kappa shape index (κ2) is 4.83. The molecule has 0 unspecified atom stereocenters. The Bertz CT molecular complexity index is 592. The van der Waals surface area contributed by atoms with Crippen molar-refractivity contribution in [1.29, 1.82) is 0 Å². The van der Waals surface area contributed by atoms with Crippen molar-refractivity contribution in [2.45, 2.75) is 13.1 Å². The van der Waals surface area contributed by atoms with Gasteiger partial charge in [0, 0.05) is 37.3 Å². The predicted octanol–water partition coefficient (Wildman–Crippen LogP) is 2.30. The molecule has 2 aromatic rings. The van der Waals surface area contributed by atoms with Crippen LogP contribution in [0.15, 0.2) is 30.3 Å². The number of benzene rings is 2. The molecule has 19 heavy (non-hydrogen) atoms. The van der Waals surface area contributed by atoms with Crippen LogP contribution in [0.4, 0.5) is 5.69 Å². The lowest BCUT2D eigenvalue weighted by molar-refractivity contribution is 0.223. The van der Waals surface area contributed by atoms with Crippen molar-refractivity contribution < 1.29 is 0 Å². The molecule has 1 aliphatic rings. The normalized spacial score (nSPS) is 15.3. The van der Waals surface area contributed by atoms with Crippen molar-refractivity contribution in [3.05, 3.63) is 41.5 Å². The van der Waals surface area contributed by atoms with Crippen LogP contribution in [0, 0.1) is 0 Å². The topological polar surface area (TPSA) is 32.5 Å². The summed E-state index contributed by atoms with van der Waals surface area (Å²) in [6, 6.07) is 10.7. The number of hydrogen-bond acceptors (Lipinski definition) is 3. The second-order valence-electron chi connectivity index (χ2n) is 5.67. The molecule has 1 aliphatic heterocycles. The minimum Gasteiger partial charge on any atom is -0.398 e. The highest BCUT2D eigenvalue weighted by molar-refractivity contribution is 5.97. The molecule has 3 rings (SSSR count). The van der Waals surface area contributed by atoms with Gasteiger partial charge in [0.1, 0.15) is 0 Å². The molecule has 0 bridgehead atoms. The summed E-state index contributed by atoms with van der Waals surface area (Å²) in [7, 11) is 4.25. The van der Waals surface area contributed by atoms with Gasteiger partial charge in [-0.25, -0.2) is 0 Å². The molecule has 0 atom stereocenters. The van der Waals surface area contributed by atoms with Crippen LogP contribution in [-0.2, 0) is 13.1 Å². The maximum Gasteiger partial charge on any atom is 0.0394 e. The van der Waals surface area contributed by atoms with E-state index in [2.05, 4.69) is 48.2 Å². The Labute approximate surface area is 114 Å². The third-order valence-electron chi connectivity index (χ3n) is 3.90. The molecule has 0 amide bonds. The Kier molecular flexibility index (Phi) is 3.17. The first kappa shape index (κ1) is 12.5. The largest absolute Gasteiger partial charge is 0.398 e. The van der Waals surface area contributed by atoms with Gasteiger partial charge in [0.2, 0.25) is 0 Å². The maximum absolute atomic E-state index is 6.09. The average Bonchev–Trinajstić information content (AvgIpc) is 2.40. The Morgan fingerprint density at radius 3 is 2.58 bits per heavy atom. The highest BCUT2D eigenvalue weighted by Gasteiger charge is 2.18. The van der Waals surface area contributed by atoms with Crippen LogP contribution >= 0.6 is 0 Å². The lowest BCUT2D eigenvalue weighted by atomic mass is 9.94. The van der Waals surface area contributed by atoms with Crippen LogP contribution < -0.4 is 5.73 Å². The van der Waals surface area contributed by atoms with Gasteiger partial charge in [0.15, 0.2) is 0 Å². The molecular formula is C16H21N3. The van der Waals surface area contributed by atoms with E-state index in [1.807, 2.05) is 6.07 Å². The molecule has 0 spiro atoms. The minimum atomic E-state index is 0.891. The van der Waals surface area contributed by atoms with E-state index in [1.165, 1.54) is 21.9 Å². The zero-order valence-corrected chi connectivity index (χ0v) is 11.7. The number of nitrogens with two attached hydrogens (primary N) is 1. The summed E-state index contributed by atoms with van der Waals surface area (Å²) in [6.07, 6.45) is 0. The highest BCUT2D eigenvalue weighted by Crippen LogP contribution is 2.32. The lowest BCUT2D eigenvalue weighted by Gasteiger charge is -2.30. The van der Waals surface area contributed by atoms with Gasteiger partial charge in [-0.05, 0) is 36.7 Å². The molecule has 3 nitrogen and oxygen atoms in total. The minimum absolute atomic E-state index is 0.891. The van der Waals surface area contributed by atoms with Crippen molar-refractivity contribution in [3.63, 3.8) is 0 Å². The number of rotatable bonds is 3. The van der Waals surface area contributed by atoms with Gasteiger partial charge in [-0.1, -0.05) is 24.3 Å². The highest BCUT2D eigenvalue weighted by atomic mass is 15.2. The molecule has 0 aromatic heterocycles. The van der Waals surface area contributed by atoms with E-state index >= 15 is 0 Å². The number of hydrogen-bond donors (Lipinski definition) is 1. The fraction of sp³-hybridized carbons (Fsp3) is 0.375. The van der Waals surface area contributed by atoms with Crippen LogP contribution in [0.1, 0.15) is 11.1 Å². The lowest BCUT2D eigenvalue weighted by Crippen LogP contribution is -2.33. The summed E-state index contributed by atoms with van der Waals surface area (Å²) < 4.78 is 0. The Balaban J connectivity index is 1.95. The maximum atomic E-state index is 6.09. The SMILES string of the molecule is CN(C)CCN1Cc2cccc3c(N)ccc(c23)C1. The van der Waals surface area contributed by atoms with Crippen molar-refractivity contribution in [1.82, 2.24) is 9.80 Å². The zero-order chi connectivity index (χ0) is 13.4. The van der Waals surface area contributed by atoms with Crippen LogP contribution in [0.2, 0.25) is 0 Å². The molecule has 0 aliphatic carbocycles. The van der Waals surface area contributed by atoms with E-state index in [9.17, 15) is 0 Å². The predicted molar refractivity (Wildman–Crippen MR) is 81.0 cm³/mol. The monoisotopic (exact) mass is 255 g/mol. The quantitative estimate of drug-likeness (QED) is 0.854. The van der Waals surface area contributed by atoms with Crippen LogP contribution in [0.3, 0.4) is 0 Å². The second-order valence-corrected chi connectivity index (χ2v) is 5.67. The van der Waals surface area contributed by atoms with Crippen molar-refractivity contribution in [2.75, 3.05) is 32.9 Å². The standard InChI is InChI=1S/C16H21N3/c1-18(2)8-9-19-10-12-4-3-5-14-15(17)7-6-13(11-19)16(12)14/h3-7H,8-11,17H2,1-2H3. The number of nitrogens with zero attached hydrogens (tertiary/aromatic N) is 2. The summed E-state index contributed by atoms with van der Waals surface area (Å²) in [5.74, 6) is 0. The molecule has 3 heteroatoms. The summed E-state index contributed by atoms with van der Waals surface area (Å²) in [6.45, 7) is 4.26. The molecular weight excluding hydrogens is 234 g/mol. The zero-order valence-electron chi connectivity index (χ0n) is 11.7. The van der Waals surface area contributed by atoms with Gasteiger partial charge in [-0.2, -0.15) is 0 Å². The van der Waals surface area contributed by atoms with Crippen LogP contribution in [0.5, 0.6) is 0 Å². The molecule has 100 valence electrons. The number of anilines is 1. The van der Waals surface area contributed by atoms with E-state index in [0.29, 0.717) is 0 Å². The van der Waals surface area contributed by atoms with Gasteiger partial charge in [-0.15, -0.1) is 0 Å². The van der Waals surface area contributed by atoms with Gasteiger partial charge >= 0.3 is 0 Å². The smallest absolute Gasteiger partial charge is 0.0394 e. The Hall–Kier alpha value is -1.58. The summed E-state index contributed by atoms with van der Waals surface area (Å²) in [5.41, 5.74) is 9.79. The first-order chi connectivity index (χ1) is 9.15. The summed E-state index contributed by atoms with van der Waals surface area (Å²) in [5, 5.41) is 2.59. The molecule has 0 radical (unpaired) electrons. The first-order valence-electron chi connectivity index (χ1n) is 6.81. The van der Waals surface area contributed by atoms with Gasteiger partial charge < -0.3 is 10.6 Å². The Morgan fingerprint density at radius 1 is 1.11 bits per heavy atom. The molecule has 0 saturated heterocycles.